The highest BCUT2D eigenvalue weighted by Crippen LogP contribution is 2.36. The molecule has 0 radical (unpaired) electrons. The molecular weight excluding hydrogens is 296 g/mol. The lowest BCUT2D eigenvalue weighted by atomic mass is 9.81. The number of hydrogen-bond acceptors (Lipinski definition) is 5. The molecule has 0 aromatic carbocycles. The van der Waals surface area contributed by atoms with Crippen LogP contribution in [0.25, 0.3) is 0 Å². The van der Waals surface area contributed by atoms with Gasteiger partial charge in [0.1, 0.15) is 12.2 Å². The van der Waals surface area contributed by atoms with Gasteiger partial charge in [-0.1, -0.05) is 6.07 Å². The van der Waals surface area contributed by atoms with E-state index in [1.54, 1.807) is 6.20 Å². The zero-order chi connectivity index (χ0) is 15.8. The van der Waals surface area contributed by atoms with Crippen LogP contribution in [0.4, 0.5) is 0 Å². The molecule has 6 nitrogen and oxygen atoms in total. The summed E-state index contributed by atoms with van der Waals surface area (Å²) in [6.45, 7) is 1.25. The molecule has 2 aliphatic heterocycles. The third-order valence-electron chi connectivity index (χ3n) is 5.13. The number of likely N-dealkylation sites (tertiary alicyclic amines) is 1. The molecule has 124 valence electrons. The summed E-state index contributed by atoms with van der Waals surface area (Å²) in [4.78, 5) is 18.8. The smallest absolute Gasteiger partial charge is 0.226 e. The van der Waals surface area contributed by atoms with E-state index in [1.807, 2.05) is 23.1 Å². The van der Waals surface area contributed by atoms with Gasteiger partial charge in [0.15, 0.2) is 0 Å². The van der Waals surface area contributed by atoms with E-state index in [0.717, 1.165) is 12.8 Å². The first kappa shape index (κ1) is 14.9. The van der Waals surface area contributed by atoms with E-state index >= 15 is 0 Å². The number of rotatable bonds is 3. The van der Waals surface area contributed by atoms with Crippen molar-refractivity contribution in [2.75, 3.05) is 13.2 Å². The van der Waals surface area contributed by atoms with Crippen LogP contribution in [0.15, 0.2) is 24.4 Å². The topological polar surface area (TPSA) is 71.9 Å². The fraction of sp³-hybridized carbons (Fsp3) is 0.647. The molecule has 0 spiro atoms. The van der Waals surface area contributed by atoms with Gasteiger partial charge in [0.2, 0.25) is 11.8 Å². The molecule has 0 unspecified atom stereocenters. The first-order valence-corrected chi connectivity index (χ1v) is 8.40. The zero-order valence-corrected chi connectivity index (χ0v) is 13.0. The normalized spacial score (nSPS) is 36.2. The number of amides is 1. The van der Waals surface area contributed by atoms with Crippen molar-refractivity contribution in [3.63, 3.8) is 0 Å². The predicted octanol–water partition coefficient (Wildman–Crippen LogP) is 0.990. The monoisotopic (exact) mass is 318 g/mol. The second kappa shape index (κ2) is 6.09. The van der Waals surface area contributed by atoms with Crippen molar-refractivity contribution in [3.8, 4) is 5.88 Å². The van der Waals surface area contributed by atoms with Crippen LogP contribution in [0.5, 0.6) is 5.88 Å². The summed E-state index contributed by atoms with van der Waals surface area (Å²) < 4.78 is 11.9. The molecular formula is C17H22N2O4. The number of aromatic nitrogens is 1. The van der Waals surface area contributed by atoms with Gasteiger partial charge in [0.25, 0.3) is 0 Å². The van der Waals surface area contributed by atoms with Gasteiger partial charge in [0.05, 0.1) is 18.7 Å². The molecule has 23 heavy (non-hydrogen) atoms. The lowest BCUT2D eigenvalue weighted by Crippen LogP contribution is -2.48. The second-order valence-corrected chi connectivity index (χ2v) is 6.68. The van der Waals surface area contributed by atoms with E-state index in [4.69, 9.17) is 9.47 Å². The predicted molar refractivity (Wildman–Crippen MR) is 81.9 cm³/mol. The molecule has 3 fully saturated rings. The minimum atomic E-state index is -0.314. The van der Waals surface area contributed by atoms with E-state index in [1.165, 1.54) is 0 Å². The lowest BCUT2D eigenvalue weighted by molar-refractivity contribution is -0.145. The quantitative estimate of drug-likeness (QED) is 0.900. The Morgan fingerprint density at radius 2 is 2.26 bits per heavy atom. The highest BCUT2D eigenvalue weighted by molar-refractivity contribution is 5.80. The van der Waals surface area contributed by atoms with Gasteiger partial charge >= 0.3 is 0 Å². The van der Waals surface area contributed by atoms with E-state index in [0.29, 0.717) is 31.9 Å². The molecule has 1 N–H and O–H groups in total. The maximum atomic E-state index is 12.7. The van der Waals surface area contributed by atoms with Gasteiger partial charge < -0.3 is 19.5 Å². The van der Waals surface area contributed by atoms with Crippen molar-refractivity contribution >= 4 is 5.91 Å². The van der Waals surface area contributed by atoms with Crippen LogP contribution in [0.3, 0.4) is 0 Å². The summed E-state index contributed by atoms with van der Waals surface area (Å²) in [6, 6.07) is 5.64. The standard InChI is InChI=1S/C17H22N2O4/c20-12-8-11(9-12)17(21)19-10-14(16-13(19)4-3-7-22-16)23-15-5-1-2-6-18-15/h1-2,5-6,11-14,16,20H,3-4,7-10H2/t11?,12?,13-,14+,16+/m1/s1. The Bertz CT molecular complexity index is 561. The third kappa shape index (κ3) is 2.81. The molecule has 1 saturated carbocycles. The van der Waals surface area contributed by atoms with E-state index in [-0.39, 0.29) is 36.2 Å². The summed E-state index contributed by atoms with van der Waals surface area (Å²) in [7, 11) is 0. The Balaban J connectivity index is 1.49. The summed E-state index contributed by atoms with van der Waals surface area (Å²) >= 11 is 0. The molecule has 1 aromatic rings. The largest absolute Gasteiger partial charge is 0.470 e. The number of fused-ring (bicyclic) bond motifs is 1. The maximum Gasteiger partial charge on any atom is 0.226 e. The Morgan fingerprint density at radius 3 is 3.00 bits per heavy atom. The van der Waals surface area contributed by atoms with E-state index in [9.17, 15) is 9.90 Å². The Labute approximate surface area is 135 Å². The maximum absolute atomic E-state index is 12.7. The SMILES string of the molecule is O=C(C1CC(O)C1)N1C[C@H](Oc2ccccn2)[C@H]2OCCC[C@H]21. The molecule has 3 atom stereocenters. The fourth-order valence-electron chi connectivity index (χ4n) is 3.86. The van der Waals surface area contributed by atoms with Crippen LogP contribution >= 0.6 is 0 Å². The van der Waals surface area contributed by atoms with Crippen LogP contribution in [0.2, 0.25) is 0 Å². The summed E-state index contributed by atoms with van der Waals surface area (Å²) in [5.41, 5.74) is 0. The van der Waals surface area contributed by atoms with Gasteiger partial charge in [-0.15, -0.1) is 0 Å². The second-order valence-electron chi connectivity index (χ2n) is 6.68. The third-order valence-corrected chi connectivity index (χ3v) is 5.13. The highest BCUT2D eigenvalue weighted by atomic mass is 16.5. The minimum absolute atomic E-state index is 0.0406. The van der Waals surface area contributed by atoms with Crippen molar-refractivity contribution in [3.05, 3.63) is 24.4 Å². The number of pyridine rings is 1. The summed E-state index contributed by atoms with van der Waals surface area (Å²) in [5, 5.41) is 9.46. The number of ether oxygens (including phenoxy) is 2. The van der Waals surface area contributed by atoms with Crippen LogP contribution in [0, 0.1) is 5.92 Å². The highest BCUT2D eigenvalue weighted by Gasteiger charge is 2.50. The van der Waals surface area contributed by atoms with Crippen molar-refractivity contribution in [1.82, 2.24) is 9.88 Å². The van der Waals surface area contributed by atoms with E-state index in [2.05, 4.69) is 4.98 Å². The van der Waals surface area contributed by atoms with Crippen LogP contribution < -0.4 is 4.74 Å². The first-order chi connectivity index (χ1) is 11.2. The summed E-state index contributed by atoms with van der Waals surface area (Å²) in [5.74, 6) is 0.669. The Kier molecular flexibility index (Phi) is 3.95. The van der Waals surface area contributed by atoms with Gasteiger partial charge in [-0.2, -0.15) is 0 Å². The number of hydrogen-bond donors (Lipinski definition) is 1. The molecule has 4 rings (SSSR count). The number of carbonyl (C=O) groups excluding carboxylic acids is 1. The number of carbonyl (C=O) groups is 1. The molecule has 1 amide bonds. The van der Waals surface area contributed by atoms with Crippen molar-refractivity contribution in [1.29, 1.82) is 0 Å². The number of nitrogens with zero attached hydrogens (tertiary/aromatic N) is 2. The Morgan fingerprint density at radius 1 is 1.39 bits per heavy atom. The van der Waals surface area contributed by atoms with Crippen LogP contribution in [-0.2, 0) is 9.53 Å². The minimum Gasteiger partial charge on any atom is -0.470 e. The van der Waals surface area contributed by atoms with Crippen LogP contribution in [-0.4, -0.2) is 58.4 Å². The first-order valence-electron chi connectivity index (χ1n) is 8.40. The van der Waals surface area contributed by atoms with Gasteiger partial charge in [-0.25, -0.2) is 4.98 Å². The number of aliphatic hydroxyl groups excluding tert-OH is 1. The van der Waals surface area contributed by atoms with Crippen molar-refractivity contribution in [2.24, 2.45) is 5.92 Å². The average Bonchev–Trinajstić information content (AvgIpc) is 2.91. The lowest BCUT2D eigenvalue weighted by Gasteiger charge is -2.37. The van der Waals surface area contributed by atoms with Crippen molar-refractivity contribution < 1.29 is 19.4 Å². The fourth-order valence-corrected chi connectivity index (χ4v) is 3.86. The average molecular weight is 318 g/mol. The molecule has 1 aliphatic carbocycles. The molecule has 3 heterocycles. The van der Waals surface area contributed by atoms with E-state index < -0.39 is 0 Å². The Hall–Kier alpha value is -1.66. The molecule has 0 bridgehead atoms. The van der Waals surface area contributed by atoms with Gasteiger partial charge in [0, 0.05) is 24.8 Å². The molecule has 2 saturated heterocycles. The molecule has 1 aromatic heterocycles. The van der Waals surface area contributed by atoms with Gasteiger partial charge in [-0.05, 0) is 31.7 Å². The molecule has 3 aliphatic rings. The molecule has 6 heteroatoms. The van der Waals surface area contributed by atoms with Crippen LogP contribution in [0.1, 0.15) is 25.7 Å². The summed E-state index contributed by atoms with van der Waals surface area (Å²) in [6.07, 6.45) is 4.21. The van der Waals surface area contributed by atoms with Gasteiger partial charge in [-0.3, -0.25) is 4.79 Å². The number of aliphatic hydroxyl groups is 1. The zero-order valence-electron chi connectivity index (χ0n) is 13.0. The van der Waals surface area contributed by atoms with Crippen molar-refractivity contribution in [2.45, 2.75) is 50.0 Å².